The third-order valence-electron chi connectivity index (χ3n) is 4.61. The minimum Gasteiger partial charge on any atom is -0.489 e. The van der Waals surface area contributed by atoms with Crippen molar-refractivity contribution < 1.29 is 9.53 Å². The number of rotatable bonds is 4. The lowest BCUT2D eigenvalue weighted by Gasteiger charge is -2.28. The molecule has 0 aliphatic heterocycles. The van der Waals surface area contributed by atoms with Gasteiger partial charge < -0.3 is 4.74 Å². The summed E-state index contributed by atoms with van der Waals surface area (Å²) in [6.45, 7) is 2.27. The number of benzene rings is 1. The monoisotopic (exact) mass is 361 g/mol. The third kappa shape index (κ3) is 3.17. The molecule has 0 amide bonds. The Bertz CT molecular complexity index is 678. The summed E-state index contributed by atoms with van der Waals surface area (Å²) in [6, 6.07) is 5.76. The van der Waals surface area contributed by atoms with E-state index in [2.05, 4.69) is 27.8 Å². The van der Waals surface area contributed by atoms with E-state index in [0.717, 1.165) is 46.0 Å². The first-order valence-electron chi connectivity index (χ1n) is 7.91. The molecule has 4 heteroatoms. The molecule has 0 radical (unpaired) electrons. The van der Waals surface area contributed by atoms with Gasteiger partial charge in [-0.15, -0.1) is 0 Å². The van der Waals surface area contributed by atoms with Crippen molar-refractivity contribution in [2.45, 2.75) is 45.1 Å². The van der Waals surface area contributed by atoms with E-state index in [1.165, 1.54) is 19.3 Å². The molecule has 116 valence electrons. The van der Waals surface area contributed by atoms with E-state index in [9.17, 15) is 4.79 Å². The van der Waals surface area contributed by atoms with Crippen LogP contribution in [0.15, 0.2) is 28.9 Å². The molecule has 0 saturated heterocycles. The van der Waals surface area contributed by atoms with Gasteiger partial charge in [0.15, 0.2) is 6.29 Å². The van der Waals surface area contributed by atoms with Gasteiger partial charge in [-0.2, -0.15) is 0 Å². The Balaban J connectivity index is 1.80. The Morgan fingerprint density at radius 3 is 2.77 bits per heavy atom. The van der Waals surface area contributed by atoms with Crippen LogP contribution in [-0.2, 0) is 0 Å². The van der Waals surface area contributed by atoms with Crippen LogP contribution in [0.2, 0.25) is 0 Å². The zero-order chi connectivity index (χ0) is 15.5. The Labute approximate surface area is 139 Å². The minimum absolute atomic E-state index is 0.304. The number of fused-ring (bicyclic) bond motifs is 1. The number of hydrogen-bond donors (Lipinski definition) is 0. The molecule has 0 unspecified atom stereocenters. The molecule has 0 bridgehead atoms. The molecule has 1 aromatic heterocycles. The topological polar surface area (TPSA) is 39.2 Å². The van der Waals surface area contributed by atoms with Gasteiger partial charge in [-0.25, -0.2) is 0 Å². The van der Waals surface area contributed by atoms with E-state index in [4.69, 9.17) is 4.74 Å². The van der Waals surface area contributed by atoms with Gasteiger partial charge in [0.05, 0.1) is 10.6 Å². The molecule has 3 rings (SSSR count). The highest BCUT2D eigenvalue weighted by molar-refractivity contribution is 9.10. The summed E-state index contributed by atoms with van der Waals surface area (Å²) in [5.74, 6) is 1.74. The average Bonchev–Trinajstić information content (AvgIpc) is 2.57. The summed E-state index contributed by atoms with van der Waals surface area (Å²) in [6.07, 6.45) is 8.85. The van der Waals surface area contributed by atoms with Crippen molar-refractivity contribution in [1.82, 2.24) is 4.98 Å². The fourth-order valence-corrected chi connectivity index (χ4v) is 3.73. The lowest BCUT2D eigenvalue weighted by atomic mass is 9.86. The van der Waals surface area contributed by atoms with Crippen molar-refractivity contribution in [3.05, 3.63) is 34.6 Å². The standard InChI is InChI=1S/C18H20BrNO2/c1-2-12-3-6-15(7-4-12)22-17-8-5-13-9-14(11-21)20-10-16(13)18(17)19/h5,8-12,15H,2-4,6-7H2,1H3. The van der Waals surface area contributed by atoms with Gasteiger partial charge in [-0.1, -0.05) is 19.4 Å². The summed E-state index contributed by atoms with van der Waals surface area (Å²) in [7, 11) is 0. The van der Waals surface area contributed by atoms with E-state index < -0.39 is 0 Å². The van der Waals surface area contributed by atoms with Crippen LogP contribution in [0, 0.1) is 5.92 Å². The van der Waals surface area contributed by atoms with Crippen LogP contribution in [0.4, 0.5) is 0 Å². The summed E-state index contributed by atoms with van der Waals surface area (Å²) >= 11 is 3.63. The molecule has 1 aliphatic rings. The molecule has 3 nitrogen and oxygen atoms in total. The van der Waals surface area contributed by atoms with Crippen LogP contribution in [-0.4, -0.2) is 17.4 Å². The van der Waals surface area contributed by atoms with Crippen molar-refractivity contribution in [2.75, 3.05) is 0 Å². The molecular formula is C18H20BrNO2. The van der Waals surface area contributed by atoms with E-state index in [-0.39, 0.29) is 0 Å². The van der Waals surface area contributed by atoms with Gasteiger partial charge in [0.1, 0.15) is 11.4 Å². The highest BCUT2D eigenvalue weighted by Gasteiger charge is 2.22. The normalized spacial score (nSPS) is 21.7. The number of aldehydes is 1. The fourth-order valence-electron chi connectivity index (χ4n) is 3.17. The maximum Gasteiger partial charge on any atom is 0.168 e. The summed E-state index contributed by atoms with van der Waals surface area (Å²) in [5.41, 5.74) is 0.450. The van der Waals surface area contributed by atoms with Gasteiger partial charge in [0.25, 0.3) is 0 Å². The molecule has 1 aliphatic carbocycles. The lowest BCUT2D eigenvalue weighted by Crippen LogP contribution is -2.24. The number of hydrogen-bond acceptors (Lipinski definition) is 3. The maximum atomic E-state index is 10.8. The van der Waals surface area contributed by atoms with Crippen molar-refractivity contribution in [3.63, 3.8) is 0 Å². The van der Waals surface area contributed by atoms with E-state index in [0.29, 0.717) is 11.8 Å². The van der Waals surface area contributed by atoms with Gasteiger partial charge in [0, 0.05) is 11.6 Å². The van der Waals surface area contributed by atoms with Crippen LogP contribution >= 0.6 is 15.9 Å². The zero-order valence-electron chi connectivity index (χ0n) is 12.7. The molecule has 0 atom stereocenters. The molecule has 2 aromatic rings. The molecule has 1 heterocycles. The molecule has 1 aromatic carbocycles. The number of carbonyl (C=O) groups excluding carboxylic acids is 1. The van der Waals surface area contributed by atoms with Crippen molar-refractivity contribution in [2.24, 2.45) is 5.92 Å². The Morgan fingerprint density at radius 2 is 2.09 bits per heavy atom. The van der Waals surface area contributed by atoms with E-state index >= 15 is 0 Å². The number of ether oxygens (including phenoxy) is 1. The highest BCUT2D eigenvalue weighted by atomic mass is 79.9. The maximum absolute atomic E-state index is 10.8. The van der Waals surface area contributed by atoms with Crippen LogP contribution in [0.3, 0.4) is 0 Å². The second-order valence-corrected chi connectivity index (χ2v) is 6.79. The second kappa shape index (κ2) is 6.78. The number of nitrogens with zero attached hydrogens (tertiary/aromatic N) is 1. The smallest absolute Gasteiger partial charge is 0.168 e. The average molecular weight is 362 g/mol. The van der Waals surface area contributed by atoms with E-state index in [1.54, 1.807) is 12.3 Å². The highest BCUT2D eigenvalue weighted by Crippen LogP contribution is 2.36. The van der Waals surface area contributed by atoms with Crippen LogP contribution in [0.1, 0.15) is 49.5 Å². The number of halogens is 1. The first kappa shape index (κ1) is 15.5. The predicted octanol–water partition coefficient (Wildman–Crippen LogP) is 5.16. The first-order valence-corrected chi connectivity index (χ1v) is 8.70. The Hall–Kier alpha value is -1.42. The second-order valence-electron chi connectivity index (χ2n) is 5.99. The van der Waals surface area contributed by atoms with Crippen LogP contribution in [0.25, 0.3) is 10.8 Å². The zero-order valence-corrected chi connectivity index (χ0v) is 14.3. The van der Waals surface area contributed by atoms with Crippen LogP contribution in [0.5, 0.6) is 5.75 Å². The van der Waals surface area contributed by atoms with Gasteiger partial charge >= 0.3 is 0 Å². The number of pyridine rings is 1. The molecular weight excluding hydrogens is 342 g/mol. The lowest BCUT2D eigenvalue weighted by molar-refractivity contribution is 0.111. The molecule has 0 N–H and O–H groups in total. The first-order chi connectivity index (χ1) is 10.7. The fraction of sp³-hybridized carbons (Fsp3) is 0.444. The third-order valence-corrected chi connectivity index (χ3v) is 5.43. The molecule has 1 fully saturated rings. The summed E-state index contributed by atoms with van der Waals surface area (Å²) in [4.78, 5) is 15.0. The van der Waals surface area contributed by atoms with Gasteiger partial charge in [-0.05, 0) is 65.1 Å². The minimum atomic E-state index is 0.304. The SMILES string of the molecule is CCC1CCC(Oc2ccc3cc(C=O)ncc3c2Br)CC1. The molecule has 1 saturated carbocycles. The summed E-state index contributed by atoms with van der Waals surface area (Å²) < 4.78 is 7.12. The van der Waals surface area contributed by atoms with Gasteiger partial charge in [0.2, 0.25) is 0 Å². The predicted molar refractivity (Wildman–Crippen MR) is 91.5 cm³/mol. The summed E-state index contributed by atoms with van der Waals surface area (Å²) in [5, 5.41) is 1.97. The Morgan fingerprint density at radius 1 is 1.32 bits per heavy atom. The van der Waals surface area contributed by atoms with Crippen LogP contribution < -0.4 is 4.74 Å². The van der Waals surface area contributed by atoms with E-state index in [1.807, 2.05) is 12.1 Å². The van der Waals surface area contributed by atoms with Gasteiger partial charge in [-0.3, -0.25) is 9.78 Å². The largest absolute Gasteiger partial charge is 0.489 e. The van der Waals surface area contributed by atoms with Crippen molar-refractivity contribution >= 4 is 33.0 Å². The number of carbonyl (C=O) groups is 1. The van der Waals surface area contributed by atoms with Crippen molar-refractivity contribution in [1.29, 1.82) is 0 Å². The molecule has 22 heavy (non-hydrogen) atoms. The van der Waals surface area contributed by atoms with Crippen molar-refractivity contribution in [3.8, 4) is 5.75 Å². The quantitative estimate of drug-likeness (QED) is 0.706. The Kier molecular flexibility index (Phi) is 4.77. The molecule has 0 spiro atoms. The number of aromatic nitrogens is 1.